The summed E-state index contributed by atoms with van der Waals surface area (Å²) in [6, 6.07) is 15.9. The van der Waals surface area contributed by atoms with Gasteiger partial charge in [0.1, 0.15) is 22.9 Å². The Hall–Kier alpha value is -4.14. The highest BCUT2D eigenvalue weighted by atomic mass is 16.5. The molecular weight excluding hydrogens is 542 g/mol. The number of carbonyl (C=O) groups is 1. The van der Waals surface area contributed by atoms with Crippen LogP contribution in [0, 0.1) is 0 Å². The van der Waals surface area contributed by atoms with E-state index in [1.54, 1.807) is 24.0 Å². The first-order valence-corrected chi connectivity index (χ1v) is 15.5. The Balaban J connectivity index is 1.43. The summed E-state index contributed by atoms with van der Waals surface area (Å²) in [4.78, 5) is 14.6. The quantitative estimate of drug-likeness (QED) is 0.120. The summed E-state index contributed by atoms with van der Waals surface area (Å²) in [5.74, 6) is 1.41. The van der Waals surface area contributed by atoms with Crippen molar-refractivity contribution in [3.05, 3.63) is 59.9 Å². The van der Waals surface area contributed by atoms with E-state index in [0.29, 0.717) is 28.8 Å². The number of amides is 1. The fourth-order valence-electron chi connectivity index (χ4n) is 5.41. The Morgan fingerprint density at radius 1 is 0.814 bits per heavy atom. The van der Waals surface area contributed by atoms with E-state index in [2.05, 4.69) is 51.9 Å². The lowest BCUT2D eigenvalue weighted by Crippen LogP contribution is -2.17. The van der Waals surface area contributed by atoms with Crippen LogP contribution in [-0.2, 0) is 17.6 Å². The van der Waals surface area contributed by atoms with Gasteiger partial charge in [0.15, 0.2) is 5.82 Å². The molecule has 4 aromatic rings. The highest BCUT2D eigenvalue weighted by Crippen LogP contribution is 2.39. The minimum absolute atomic E-state index is 0.0586. The summed E-state index contributed by atoms with van der Waals surface area (Å²) in [6.07, 6.45) is 13.8. The van der Waals surface area contributed by atoms with Gasteiger partial charge in [0.2, 0.25) is 5.91 Å². The fourth-order valence-corrected chi connectivity index (χ4v) is 5.41. The predicted octanol–water partition coefficient (Wildman–Crippen LogP) is 7.49. The molecule has 1 N–H and O–H groups in total. The molecule has 0 saturated heterocycles. The lowest BCUT2D eigenvalue weighted by atomic mass is 9.99. The van der Waals surface area contributed by atoms with Gasteiger partial charge in [-0.2, -0.15) is 0 Å². The number of methoxy groups -OCH3 is 3. The molecule has 0 radical (unpaired) electrons. The van der Waals surface area contributed by atoms with Crippen molar-refractivity contribution in [1.82, 2.24) is 20.2 Å². The average molecular weight is 588 g/mol. The van der Waals surface area contributed by atoms with Crippen LogP contribution >= 0.6 is 0 Å². The standard InChI is InChI=1S/C34H45N5O4/c1-5-6-7-8-9-10-11-12-13-14-18-26-21-20-25-17-15-16-19-28(25)34(26)39-37-31(36-38-39)24-32(40)35-33-29(42-3)22-27(41-2)23-30(33)43-4/h15-17,19-23H,5-14,18,24H2,1-4H3,(H,35,40). The van der Waals surface area contributed by atoms with Gasteiger partial charge < -0.3 is 19.5 Å². The summed E-state index contributed by atoms with van der Waals surface area (Å²) < 4.78 is 16.2. The van der Waals surface area contributed by atoms with Crippen molar-refractivity contribution in [2.24, 2.45) is 0 Å². The molecule has 4 rings (SSSR count). The lowest BCUT2D eigenvalue weighted by molar-refractivity contribution is -0.115. The third-order valence-electron chi connectivity index (χ3n) is 7.74. The number of benzene rings is 3. The van der Waals surface area contributed by atoms with E-state index in [1.165, 1.54) is 77.6 Å². The van der Waals surface area contributed by atoms with Gasteiger partial charge >= 0.3 is 0 Å². The molecule has 9 nitrogen and oxygen atoms in total. The van der Waals surface area contributed by atoms with Gasteiger partial charge in [-0.15, -0.1) is 15.0 Å². The number of nitrogens with zero attached hydrogens (tertiary/aromatic N) is 4. The zero-order valence-electron chi connectivity index (χ0n) is 26.0. The third kappa shape index (κ3) is 8.69. The zero-order chi connectivity index (χ0) is 30.4. The number of rotatable bonds is 18. The Morgan fingerprint density at radius 3 is 2.12 bits per heavy atom. The van der Waals surface area contributed by atoms with Crippen LogP contribution in [0.1, 0.15) is 82.5 Å². The molecule has 3 aromatic carbocycles. The minimum Gasteiger partial charge on any atom is -0.496 e. The van der Waals surface area contributed by atoms with Gasteiger partial charge in [0.25, 0.3) is 0 Å². The Bertz CT molecular complexity index is 1440. The summed E-state index contributed by atoms with van der Waals surface area (Å²) in [6.45, 7) is 2.26. The van der Waals surface area contributed by atoms with E-state index in [1.807, 2.05) is 12.1 Å². The number of nitrogens with one attached hydrogen (secondary N) is 1. The van der Waals surface area contributed by atoms with Crippen LogP contribution in [-0.4, -0.2) is 47.4 Å². The van der Waals surface area contributed by atoms with Crippen molar-refractivity contribution < 1.29 is 19.0 Å². The second kappa shape index (κ2) is 16.5. The van der Waals surface area contributed by atoms with Crippen LogP contribution in [0.4, 0.5) is 5.69 Å². The SMILES string of the molecule is CCCCCCCCCCCCc1ccc2ccccc2c1-n1nnc(CC(=O)Nc2c(OC)cc(OC)cc2OC)n1. The summed E-state index contributed by atoms with van der Waals surface area (Å²) in [5, 5.41) is 18.3. The Morgan fingerprint density at radius 2 is 1.47 bits per heavy atom. The number of aromatic nitrogens is 4. The van der Waals surface area contributed by atoms with Gasteiger partial charge in [0.05, 0.1) is 33.4 Å². The van der Waals surface area contributed by atoms with Gasteiger partial charge in [0, 0.05) is 17.5 Å². The molecule has 0 atom stereocenters. The normalized spacial score (nSPS) is 11.1. The molecule has 1 aromatic heterocycles. The molecule has 1 amide bonds. The van der Waals surface area contributed by atoms with Crippen LogP contribution in [0.25, 0.3) is 16.5 Å². The molecule has 0 fully saturated rings. The van der Waals surface area contributed by atoms with Gasteiger partial charge in [-0.05, 0) is 29.0 Å². The van der Waals surface area contributed by atoms with Gasteiger partial charge in [-0.3, -0.25) is 4.79 Å². The van der Waals surface area contributed by atoms with E-state index in [-0.39, 0.29) is 12.3 Å². The predicted molar refractivity (Wildman–Crippen MR) is 171 cm³/mol. The molecule has 0 saturated carbocycles. The number of carbonyl (C=O) groups excluding carboxylic acids is 1. The van der Waals surface area contributed by atoms with Crippen LogP contribution in [0.3, 0.4) is 0 Å². The number of tetrazole rings is 1. The molecule has 0 aliphatic heterocycles. The van der Waals surface area contributed by atoms with Crippen molar-refractivity contribution in [2.75, 3.05) is 26.6 Å². The number of hydrogen-bond donors (Lipinski definition) is 1. The minimum atomic E-state index is -0.315. The van der Waals surface area contributed by atoms with Crippen molar-refractivity contribution in [3.63, 3.8) is 0 Å². The van der Waals surface area contributed by atoms with Gasteiger partial charge in [-0.1, -0.05) is 101 Å². The number of hydrogen-bond acceptors (Lipinski definition) is 7. The second-order valence-corrected chi connectivity index (χ2v) is 10.9. The number of fused-ring (bicyclic) bond motifs is 1. The molecular formula is C34H45N5O4. The van der Waals surface area contributed by atoms with Crippen molar-refractivity contribution in [3.8, 4) is 22.9 Å². The maximum absolute atomic E-state index is 13.0. The largest absolute Gasteiger partial charge is 0.496 e. The molecule has 230 valence electrons. The fraction of sp³-hybridized carbons (Fsp3) is 0.471. The first-order chi connectivity index (χ1) is 21.1. The van der Waals surface area contributed by atoms with Crippen LogP contribution in [0.15, 0.2) is 48.5 Å². The smallest absolute Gasteiger partial charge is 0.232 e. The maximum atomic E-state index is 13.0. The monoisotopic (exact) mass is 587 g/mol. The Labute approximate surface area is 254 Å². The van der Waals surface area contributed by atoms with E-state index < -0.39 is 0 Å². The van der Waals surface area contributed by atoms with E-state index in [0.717, 1.165) is 29.3 Å². The van der Waals surface area contributed by atoms with Crippen molar-refractivity contribution in [2.45, 2.75) is 84.0 Å². The zero-order valence-corrected chi connectivity index (χ0v) is 26.0. The second-order valence-electron chi connectivity index (χ2n) is 10.9. The summed E-state index contributed by atoms with van der Waals surface area (Å²) in [7, 11) is 4.60. The van der Waals surface area contributed by atoms with E-state index >= 15 is 0 Å². The molecule has 43 heavy (non-hydrogen) atoms. The number of aryl methyl sites for hydroxylation is 1. The third-order valence-corrected chi connectivity index (χ3v) is 7.74. The molecule has 0 spiro atoms. The van der Waals surface area contributed by atoms with Gasteiger partial charge in [-0.25, -0.2) is 0 Å². The number of ether oxygens (including phenoxy) is 3. The highest BCUT2D eigenvalue weighted by molar-refractivity contribution is 5.95. The van der Waals surface area contributed by atoms with Crippen LogP contribution < -0.4 is 19.5 Å². The molecule has 1 heterocycles. The number of unbranched alkanes of at least 4 members (excludes halogenated alkanes) is 9. The van der Waals surface area contributed by atoms with E-state index in [4.69, 9.17) is 14.2 Å². The van der Waals surface area contributed by atoms with Crippen molar-refractivity contribution in [1.29, 1.82) is 0 Å². The number of anilines is 1. The topological polar surface area (TPSA) is 100 Å². The van der Waals surface area contributed by atoms with E-state index in [9.17, 15) is 4.79 Å². The van der Waals surface area contributed by atoms with Crippen molar-refractivity contribution >= 4 is 22.4 Å². The molecule has 9 heteroatoms. The van der Waals surface area contributed by atoms with Crippen LogP contribution in [0.2, 0.25) is 0 Å². The lowest BCUT2D eigenvalue weighted by Gasteiger charge is -2.15. The van der Waals surface area contributed by atoms with Crippen LogP contribution in [0.5, 0.6) is 17.2 Å². The molecule has 0 aliphatic carbocycles. The molecule has 0 bridgehead atoms. The summed E-state index contributed by atoms with van der Waals surface area (Å²) >= 11 is 0. The summed E-state index contributed by atoms with van der Waals surface area (Å²) in [5.41, 5.74) is 2.52. The first kappa shape index (κ1) is 31.8. The molecule has 0 unspecified atom stereocenters. The average Bonchev–Trinajstić information content (AvgIpc) is 3.49. The Kier molecular flexibility index (Phi) is 12.2. The maximum Gasteiger partial charge on any atom is 0.232 e. The molecule has 0 aliphatic rings. The highest BCUT2D eigenvalue weighted by Gasteiger charge is 2.19. The first-order valence-electron chi connectivity index (χ1n) is 15.5.